The first kappa shape index (κ1) is 12.7. The van der Waals surface area contributed by atoms with Gasteiger partial charge < -0.3 is 16.2 Å². The molecule has 1 aromatic rings. The Balaban J connectivity index is 2.00. The van der Waals surface area contributed by atoms with Crippen molar-refractivity contribution in [2.75, 3.05) is 17.7 Å². The van der Waals surface area contributed by atoms with E-state index in [0.717, 1.165) is 31.4 Å². The number of nitrogens with two attached hydrogens (primary N) is 1. The molecule has 2 rings (SSSR count). The van der Waals surface area contributed by atoms with Crippen molar-refractivity contribution < 1.29 is 5.11 Å². The minimum atomic E-state index is 0.290. The summed E-state index contributed by atoms with van der Waals surface area (Å²) in [7, 11) is 0. The number of rotatable bonds is 3. The molecule has 4 N–H and O–H groups in total. The normalized spacial score (nSPS) is 23.3. The van der Waals surface area contributed by atoms with E-state index in [4.69, 9.17) is 16.1 Å². The Morgan fingerprint density at radius 3 is 2.67 bits per heavy atom. The number of nitrogens with zero attached hydrogens (tertiary/aromatic N) is 1. The summed E-state index contributed by atoms with van der Waals surface area (Å²) in [6.07, 6.45) is 4.18. The highest BCUT2D eigenvalue weighted by atomic mass is 16.3. The average Bonchev–Trinajstić information content (AvgIpc) is 2.41. The number of nitrogens with one attached hydrogen (secondary N) is 1. The standard InChI is InChI=1S/C14H19N3O/c15-8-11-7-12(16)3-6-14(11)17-13-4-1-10(9-18)2-5-13/h3,6-7,10,13,17-18H,1-2,4-5,9,16H2. The van der Waals surface area contributed by atoms with E-state index < -0.39 is 0 Å². The Labute approximate surface area is 107 Å². The van der Waals surface area contributed by atoms with Gasteiger partial charge in [-0.25, -0.2) is 0 Å². The van der Waals surface area contributed by atoms with Gasteiger partial charge in [0.25, 0.3) is 0 Å². The van der Waals surface area contributed by atoms with Crippen LogP contribution in [-0.4, -0.2) is 17.8 Å². The lowest BCUT2D eigenvalue weighted by Crippen LogP contribution is -2.27. The van der Waals surface area contributed by atoms with Crippen molar-refractivity contribution >= 4 is 11.4 Å². The highest BCUT2D eigenvalue weighted by Gasteiger charge is 2.20. The molecule has 0 spiro atoms. The molecule has 0 atom stereocenters. The summed E-state index contributed by atoms with van der Waals surface area (Å²) in [6, 6.07) is 7.93. The Morgan fingerprint density at radius 2 is 2.06 bits per heavy atom. The third-order valence-corrected chi connectivity index (χ3v) is 3.63. The van der Waals surface area contributed by atoms with Crippen molar-refractivity contribution in [1.29, 1.82) is 5.26 Å². The predicted octanol–water partition coefficient (Wildman–Crippen LogP) is 2.10. The summed E-state index contributed by atoms with van der Waals surface area (Å²) in [6.45, 7) is 0.290. The molecule has 0 heterocycles. The molecule has 0 unspecified atom stereocenters. The van der Waals surface area contributed by atoms with E-state index in [-0.39, 0.29) is 6.61 Å². The summed E-state index contributed by atoms with van der Waals surface area (Å²) in [5.74, 6) is 0.449. The molecule has 0 radical (unpaired) electrons. The number of nitriles is 1. The van der Waals surface area contributed by atoms with Crippen LogP contribution in [0, 0.1) is 17.2 Å². The third-order valence-electron chi connectivity index (χ3n) is 3.63. The van der Waals surface area contributed by atoms with Crippen LogP contribution in [0.1, 0.15) is 31.2 Å². The van der Waals surface area contributed by atoms with Gasteiger partial charge in [-0.3, -0.25) is 0 Å². The second-order valence-corrected chi connectivity index (χ2v) is 4.96. The fourth-order valence-corrected chi connectivity index (χ4v) is 2.49. The van der Waals surface area contributed by atoms with Crippen molar-refractivity contribution in [1.82, 2.24) is 0 Å². The zero-order valence-corrected chi connectivity index (χ0v) is 10.4. The fraction of sp³-hybridized carbons (Fsp3) is 0.500. The number of aliphatic hydroxyl groups excluding tert-OH is 1. The Kier molecular flexibility index (Phi) is 4.06. The molecule has 1 aliphatic rings. The van der Waals surface area contributed by atoms with Crippen molar-refractivity contribution in [3.05, 3.63) is 23.8 Å². The monoisotopic (exact) mass is 245 g/mol. The van der Waals surface area contributed by atoms with Crippen LogP contribution >= 0.6 is 0 Å². The maximum Gasteiger partial charge on any atom is 0.101 e. The molecular weight excluding hydrogens is 226 g/mol. The minimum absolute atomic E-state index is 0.290. The first-order chi connectivity index (χ1) is 8.72. The summed E-state index contributed by atoms with van der Waals surface area (Å²) in [5, 5.41) is 21.6. The zero-order chi connectivity index (χ0) is 13.0. The van der Waals surface area contributed by atoms with Crippen LogP contribution in [0.25, 0.3) is 0 Å². The first-order valence-electron chi connectivity index (χ1n) is 6.40. The highest BCUT2D eigenvalue weighted by Crippen LogP contribution is 2.27. The molecule has 1 aromatic carbocycles. The topological polar surface area (TPSA) is 82.1 Å². The molecule has 0 amide bonds. The van der Waals surface area contributed by atoms with Crippen LogP contribution in [0.2, 0.25) is 0 Å². The summed E-state index contributed by atoms with van der Waals surface area (Å²) >= 11 is 0. The van der Waals surface area contributed by atoms with Crippen LogP contribution in [0.5, 0.6) is 0 Å². The van der Waals surface area contributed by atoms with Gasteiger partial charge in [0.15, 0.2) is 0 Å². The zero-order valence-electron chi connectivity index (χ0n) is 10.4. The molecule has 0 aromatic heterocycles. The van der Waals surface area contributed by atoms with Gasteiger partial charge in [0, 0.05) is 18.3 Å². The van der Waals surface area contributed by atoms with Gasteiger partial charge in [-0.15, -0.1) is 0 Å². The van der Waals surface area contributed by atoms with Crippen LogP contribution in [-0.2, 0) is 0 Å². The van der Waals surface area contributed by atoms with Crippen molar-refractivity contribution in [2.45, 2.75) is 31.7 Å². The molecule has 1 fully saturated rings. The molecule has 18 heavy (non-hydrogen) atoms. The fourth-order valence-electron chi connectivity index (χ4n) is 2.49. The van der Waals surface area contributed by atoms with Crippen molar-refractivity contribution in [3.8, 4) is 6.07 Å². The SMILES string of the molecule is N#Cc1cc(N)ccc1NC1CCC(CO)CC1. The molecule has 0 aliphatic heterocycles. The summed E-state index contributed by atoms with van der Waals surface area (Å²) in [5.41, 5.74) is 7.73. The molecule has 4 nitrogen and oxygen atoms in total. The minimum Gasteiger partial charge on any atom is -0.399 e. The van der Waals surface area contributed by atoms with E-state index in [0.29, 0.717) is 23.2 Å². The quantitative estimate of drug-likeness (QED) is 0.712. The number of nitrogen functional groups attached to an aromatic ring is 1. The smallest absolute Gasteiger partial charge is 0.101 e. The second kappa shape index (κ2) is 5.74. The Hall–Kier alpha value is -1.73. The van der Waals surface area contributed by atoms with E-state index in [1.807, 2.05) is 12.1 Å². The lowest BCUT2D eigenvalue weighted by atomic mass is 9.86. The Morgan fingerprint density at radius 1 is 1.33 bits per heavy atom. The summed E-state index contributed by atoms with van der Waals surface area (Å²) in [4.78, 5) is 0. The van der Waals surface area contributed by atoms with Gasteiger partial charge in [0.2, 0.25) is 0 Å². The van der Waals surface area contributed by atoms with E-state index in [1.165, 1.54) is 0 Å². The summed E-state index contributed by atoms with van der Waals surface area (Å²) < 4.78 is 0. The number of aliphatic hydroxyl groups is 1. The van der Waals surface area contributed by atoms with Crippen LogP contribution in [0.3, 0.4) is 0 Å². The van der Waals surface area contributed by atoms with Crippen molar-refractivity contribution in [3.63, 3.8) is 0 Å². The lowest BCUT2D eigenvalue weighted by Gasteiger charge is -2.29. The molecular formula is C14H19N3O. The molecule has 96 valence electrons. The van der Waals surface area contributed by atoms with Gasteiger partial charge in [0.1, 0.15) is 6.07 Å². The molecule has 0 bridgehead atoms. The van der Waals surface area contributed by atoms with Crippen LogP contribution in [0.4, 0.5) is 11.4 Å². The number of hydrogen-bond donors (Lipinski definition) is 3. The number of benzene rings is 1. The van der Waals surface area contributed by atoms with E-state index >= 15 is 0 Å². The third kappa shape index (κ3) is 2.93. The molecule has 0 saturated heterocycles. The van der Waals surface area contributed by atoms with E-state index in [9.17, 15) is 0 Å². The van der Waals surface area contributed by atoms with Gasteiger partial charge >= 0.3 is 0 Å². The lowest BCUT2D eigenvalue weighted by molar-refractivity contribution is 0.186. The van der Waals surface area contributed by atoms with Crippen LogP contribution in [0.15, 0.2) is 18.2 Å². The molecule has 1 saturated carbocycles. The number of hydrogen-bond acceptors (Lipinski definition) is 4. The Bertz CT molecular complexity index is 445. The van der Waals surface area contributed by atoms with Gasteiger partial charge in [-0.05, 0) is 49.8 Å². The van der Waals surface area contributed by atoms with Gasteiger partial charge in [-0.1, -0.05) is 0 Å². The largest absolute Gasteiger partial charge is 0.399 e. The maximum absolute atomic E-state index is 9.10. The van der Waals surface area contributed by atoms with Crippen LogP contribution < -0.4 is 11.1 Å². The second-order valence-electron chi connectivity index (χ2n) is 4.96. The van der Waals surface area contributed by atoms with Gasteiger partial charge in [0.05, 0.1) is 11.3 Å². The average molecular weight is 245 g/mol. The molecule has 4 heteroatoms. The van der Waals surface area contributed by atoms with E-state index in [1.54, 1.807) is 6.07 Å². The first-order valence-corrected chi connectivity index (χ1v) is 6.40. The predicted molar refractivity (Wildman–Crippen MR) is 72.0 cm³/mol. The number of anilines is 2. The van der Waals surface area contributed by atoms with Gasteiger partial charge in [-0.2, -0.15) is 5.26 Å². The molecule has 1 aliphatic carbocycles. The van der Waals surface area contributed by atoms with Crippen molar-refractivity contribution in [2.24, 2.45) is 5.92 Å². The highest BCUT2D eigenvalue weighted by molar-refractivity contribution is 5.63. The maximum atomic E-state index is 9.10. The van der Waals surface area contributed by atoms with E-state index in [2.05, 4.69) is 11.4 Å².